The maximum Gasteiger partial charge on any atom is 0.139 e. The van der Waals surface area contributed by atoms with E-state index in [2.05, 4.69) is 28.5 Å². The normalized spacial score (nSPS) is 19.9. The van der Waals surface area contributed by atoms with Crippen LogP contribution in [0.15, 0.2) is 36.7 Å². The standard InChI is InChI=1S/C14H17N3O/c1-17-8-6-16-14(17)12-5-3-2-4-11(12)13-10-15-7-9-18-13/h2-6,8,13,15H,7,9-10H2,1H3. The summed E-state index contributed by atoms with van der Waals surface area (Å²) >= 11 is 0. The van der Waals surface area contributed by atoms with Crippen LogP contribution in [0.1, 0.15) is 11.7 Å². The van der Waals surface area contributed by atoms with Crippen LogP contribution in [0.3, 0.4) is 0 Å². The Labute approximate surface area is 107 Å². The fraction of sp³-hybridized carbons (Fsp3) is 0.357. The fourth-order valence-corrected chi connectivity index (χ4v) is 2.37. The van der Waals surface area contributed by atoms with Crippen LogP contribution in [0.2, 0.25) is 0 Å². The highest BCUT2D eigenvalue weighted by Gasteiger charge is 2.20. The highest BCUT2D eigenvalue weighted by Crippen LogP contribution is 2.29. The Balaban J connectivity index is 2.02. The molecule has 94 valence electrons. The second-order valence-electron chi connectivity index (χ2n) is 4.51. The van der Waals surface area contributed by atoms with Crippen LogP contribution in [0.5, 0.6) is 0 Å². The van der Waals surface area contributed by atoms with Gasteiger partial charge in [-0.2, -0.15) is 0 Å². The zero-order chi connectivity index (χ0) is 12.4. The quantitative estimate of drug-likeness (QED) is 0.873. The number of ether oxygens (including phenoxy) is 1. The maximum absolute atomic E-state index is 5.84. The van der Waals surface area contributed by atoms with Gasteiger partial charge < -0.3 is 14.6 Å². The SMILES string of the molecule is Cn1ccnc1-c1ccccc1C1CNCCO1. The van der Waals surface area contributed by atoms with Crippen LogP contribution in [-0.4, -0.2) is 29.2 Å². The van der Waals surface area contributed by atoms with Gasteiger partial charge in [-0.1, -0.05) is 24.3 Å². The van der Waals surface area contributed by atoms with Crippen molar-refractivity contribution in [3.05, 3.63) is 42.2 Å². The molecule has 0 radical (unpaired) electrons. The predicted octanol–water partition coefficient (Wildman–Crippen LogP) is 1.75. The maximum atomic E-state index is 5.84. The fourth-order valence-electron chi connectivity index (χ4n) is 2.37. The van der Waals surface area contributed by atoms with Crippen LogP contribution >= 0.6 is 0 Å². The molecule has 1 fully saturated rings. The summed E-state index contributed by atoms with van der Waals surface area (Å²) in [6.07, 6.45) is 3.91. The second kappa shape index (κ2) is 4.92. The Morgan fingerprint density at radius 2 is 2.28 bits per heavy atom. The molecule has 1 atom stereocenters. The highest BCUT2D eigenvalue weighted by atomic mass is 16.5. The Morgan fingerprint density at radius 1 is 1.39 bits per heavy atom. The van der Waals surface area contributed by atoms with E-state index in [1.807, 2.05) is 30.1 Å². The average Bonchev–Trinajstić information content (AvgIpc) is 2.86. The van der Waals surface area contributed by atoms with Crippen molar-refractivity contribution in [2.45, 2.75) is 6.10 Å². The summed E-state index contributed by atoms with van der Waals surface area (Å²) in [6.45, 7) is 2.56. The highest BCUT2D eigenvalue weighted by molar-refractivity contribution is 5.61. The molecular weight excluding hydrogens is 226 g/mol. The van der Waals surface area contributed by atoms with Crippen LogP contribution in [-0.2, 0) is 11.8 Å². The van der Waals surface area contributed by atoms with Crippen molar-refractivity contribution < 1.29 is 4.74 Å². The molecule has 2 heterocycles. The zero-order valence-electron chi connectivity index (χ0n) is 10.5. The van der Waals surface area contributed by atoms with Gasteiger partial charge in [0.15, 0.2) is 0 Å². The van der Waals surface area contributed by atoms with Crippen LogP contribution in [0.4, 0.5) is 0 Å². The molecule has 0 bridgehead atoms. The van der Waals surface area contributed by atoms with E-state index in [9.17, 15) is 0 Å². The summed E-state index contributed by atoms with van der Waals surface area (Å²) in [5.41, 5.74) is 2.36. The number of aromatic nitrogens is 2. The first kappa shape index (κ1) is 11.4. The van der Waals surface area contributed by atoms with E-state index in [1.54, 1.807) is 0 Å². The molecule has 2 aromatic rings. The van der Waals surface area contributed by atoms with Crippen molar-refractivity contribution in [2.75, 3.05) is 19.7 Å². The summed E-state index contributed by atoms with van der Waals surface area (Å²) in [7, 11) is 2.01. The lowest BCUT2D eigenvalue weighted by atomic mass is 10.0. The minimum absolute atomic E-state index is 0.117. The summed E-state index contributed by atoms with van der Waals surface area (Å²) in [6, 6.07) is 8.33. The smallest absolute Gasteiger partial charge is 0.139 e. The largest absolute Gasteiger partial charge is 0.371 e. The van der Waals surface area contributed by atoms with E-state index < -0.39 is 0 Å². The first-order valence-corrected chi connectivity index (χ1v) is 6.25. The molecular formula is C14H17N3O. The third-order valence-corrected chi connectivity index (χ3v) is 3.30. The van der Waals surface area contributed by atoms with Gasteiger partial charge in [0.2, 0.25) is 0 Å². The number of morpholine rings is 1. The molecule has 4 nitrogen and oxygen atoms in total. The van der Waals surface area contributed by atoms with Gasteiger partial charge in [0.1, 0.15) is 5.82 Å². The molecule has 0 saturated carbocycles. The van der Waals surface area contributed by atoms with E-state index in [0.29, 0.717) is 0 Å². The number of nitrogens with zero attached hydrogens (tertiary/aromatic N) is 2. The van der Waals surface area contributed by atoms with Gasteiger partial charge in [0.25, 0.3) is 0 Å². The summed E-state index contributed by atoms with van der Waals surface area (Å²) in [4.78, 5) is 4.43. The third kappa shape index (κ3) is 2.05. The van der Waals surface area contributed by atoms with Crippen LogP contribution in [0.25, 0.3) is 11.4 Å². The molecule has 0 amide bonds. The van der Waals surface area contributed by atoms with E-state index >= 15 is 0 Å². The predicted molar refractivity (Wildman–Crippen MR) is 70.2 cm³/mol. The molecule has 1 aliphatic rings. The lowest BCUT2D eigenvalue weighted by Crippen LogP contribution is -2.33. The summed E-state index contributed by atoms with van der Waals surface area (Å²) in [5.74, 6) is 0.986. The van der Waals surface area contributed by atoms with E-state index in [1.165, 1.54) is 5.56 Å². The molecule has 18 heavy (non-hydrogen) atoms. The number of imidazole rings is 1. The minimum Gasteiger partial charge on any atom is -0.371 e. The molecule has 1 aliphatic heterocycles. The number of aryl methyl sites for hydroxylation is 1. The Bertz CT molecular complexity index is 529. The van der Waals surface area contributed by atoms with Gasteiger partial charge >= 0.3 is 0 Å². The Hall–Kier alpha value is -1.65. The summed E-state index contributed by atoms with van der Waals surface area (Å²) in [5, 5.41) is 3.37. The van der Waals surface area contributed by atoms with E-state index in [4.69, 9.17) is 4.74 Å². The van der Waals surface area contributed by atoms with Crippen LogP contribution in [0, 0.1) is 0 Å². The lowest BCUT2D eigenvalue weighted by Gasteiger charge is -2.25. The van der Waals surface area contributed by atoms with Gasteiger partial charge in [-0.15, -0.1) is 0 Å². The Kier molecular flexibility index (Phi) is 3.13. The van der Waals surface area contributed by atoms with Crippen molar-refractivity contribution in [3.8, 4) is 11.4 Å². The minimum atomic E-state index is 0.117. The van der Waals surface area contributed by atoms with Gasteiger partial charge in [-0.3, -0.25) is 0 Å². The Morgan fingerprint density at radius 3 is 3.00 bits per heavy atom. The molecule has 1 saturated heterocycles. The van der Waals surface area contributed by atoms with E-state index in [0.717, 1.165) is 31.1 Å². The van der Waals surface area contributed by atoms with Crippen molar-refractivity contribution in [3.63, 3.8) is 0 Å². The molecule has 0 spiro atoms. The first-order chi connectivity index (χ1) is 8.86. The van der Waals surface area contributed by atoms with Gasteiger partial charge in [-0.25, -0.2) is 4.98 Å². The molecule has 4 heteroatoms. The van der Waals surface area contributed by atoms with Crippen molar-refractivity contribution in [2.24, 2.45) is 7.05 Å². The number of nitrogens with one attached hydrogen (secondary N) is 1. The topological polar surface area (TPSA) is 39.1 Å². The summed E-state index contributed by atoms with van der Waals surface area (Å²) < 4.78 is 7.88. The molecule has 0 aliphatic carbocycles. The van der Waals surface area contributed by atoms with Crippen molar-refractivity contribution in [1.29, 1.82) is 0 Å². The number of hydrogen-bond donors (Lipinski definition) is 1. The molecule has 1 unspecified atom stereocenters. The second-order valence-corrected chi connectivity index (χ2v) is 4.51. The molecule has 1 aromatic carbocycles. The first-order valence-electron chi connectivity index (χ1n) is 6.25. The lowest BCUT2D eigenvalue weighted by molar-refractivity contribution is 0.0280. The van der Waals surface area contributed by atoms with Crippen LogP contribution < -0.4 is 5.32 Å². The monoisotopic (exact) mass is 243 g/mol. The van der Waals surface area contributed by atoms with Crippen molar-refractivity contribution in [1.82, 2.24) is 14.9 Å². The molecule has 3 rings (SSSR count). The van der Waals surface area contributed by atoms with Gasteiger partial charge in [0.05, 0.1) is 12.7 Å². The molecule has 1 N–H and O–H groups in total. The average molecular weight is 243 g/mol. The van der Waals surface area contributed by atoms with Crippen molar-refractivity contribution >= 4 is 0 Å². The number of rotatable bonds is 2. The zero-order valence-corrected chi connectivity index (χ0v) is 10.5. The van der Waals surface area contributed by atoms with E-state index in [-0.39, 0.29) is 6.10 Å². The van der Waals surface area contributed by atoms with Gasteiger partial charge in [0, 0.05) is 38.1 Å². The third-order valence-electron chi connectivity index (χ3n) is 3.30. The van der Waals surface area contributed by atoms with Gasteiger partial charge in [-0.05, 0) is 5.56 Å². The number of hydrogen-bond acceptors (Lipinski definition) is 3. The number of benzene rings is 1. The molecule has 1 aromatic heterocycles.